The monoisotopic (exact) mass is 322 g/mol. The van der Waals surface area contributed by atoms with Crippen molar-refractivity contribution in [2.75, 3.05) is 39.4 Å². The average molecular weight is 322 g/mol. The molecule has 0 aliphatic carbocycles. The molecule has 6 heteroatoms. The maximum absolute atomic E-state index is 12.1. The first-order chi connectivity index (χ1) is 11.0. The molecule has 0 radical (unpaired) electrons. The maximum Gasteiger partial charge on any atom is 0.252 e. The van der Waals surface area contributed by atoms with Crippen molar-refractivity contribution >= 4 is 11.8 Å². The summed E-state index contributed by atoms with van der Waals surface area (Å²) < 4.78 is 5.33. The van der Waals surface area contributed by atoms with Gasteiger partial charge < -0.3 is 19.6 Å². The molecule has 23 heavy (non-hydrogen) atoms. The summed E-state index contributed by atoms with van der Waals surface area (Å²) in [6.45, 7) is 13.7. The van der Waals surface area contributed by atoms with Gasteiger partial charge in [0.15, 0.2) is 0 Å². The highest BCUT2D eigenvalue weighted by atomic mass is 16.5. The Morgan fingerprint density at radius 3 is 2.22 bits per heavy atom. The van der Waals surface area contributed by atoms with Crippen molar-refractivity contribution in [3.05, 3.63) is 49.8 Å². The van der Waals surface area contributed by atoms with Gasteiger partial charge in [0.2, 0.25) is 5.91 Å². The van der Waals surface area contributed by atoms with Crippen LogP contribution in [0.15, 0.2) is 49.8 Å². The van der Waals surface area contributed by atoms with E-state index < -0.39 is 0 Å². The van der Waals surface area contributed by atoms with Crippen molar-refractivity contribution in [2.45, 2.75) is 6.92 Å². The van der Waals surface area contributed by atoms with Crippen LogP contribution >= 0.6 is 0 Å². The fourth-order valence-corrected chi connectivity index (χ4v) is 1.78. The van der Waals surface area contributed by atoms with Crippen molar-refractivity contribution in [2.24, 2.45) is 0 Å². The summed E-state index contributed by atoms with van der Waals surface area (Å²) in [4.78, 5) is 26.7. The highest BCUT2D eigenvalue weighted by molar-refractivity contribution is 5.92. The van der Waals surface area contributed by atoms with Crippen LogP contribution in [0.1, 0.15) is 6.92 Å². The van der Waals surface area contributed by atoms with Crippen LogP contribution in [0.5, 0.6) is 0 Å². The highest BCUT2D eigenvalue weighted by Crippen LogP contribution is 2.02. The van der Waals surface area contributed by atoms with Crippen LogP contribution in [-0.2, 0) is 14.3 Å². The Morgan fingerprint density at radius 2 is 1.70 bits per heavy atom. The van der Waals surface area contributed by atoms with Crippen LogP contribution in [0.3, 0.4) is 0 Å². The van der Waals surface area contributed by atoms with Crippen LogP contribution in [0, 0.1) is 0 Å². The minimum Gasteiger partial charge on any atom is -0.499 e. The fraction of sp³-hybridized carbons (Fsp3) is 0.412. The van der Waals surface area contributed by atoms with E-state index in [1.165, 1.54) is 22.1 Å². The molecule has 0 rings (SSSR count). The van der Waals surface area contributed by atoms with Gasteiger partial charge >= 0.3 is 0 Å². The predicted molar refractivity (Wildman–Crippen MR) is 90.5 cm³/mol. The Kier molecular flexibility index (Phi) is 11.0. The molecule has 0 saturated heterocycles. The summed E-state index contributed by atoms with van der Waals surface area (Å²) in [6, 6.07) is 0. The van der Waals surface area contributed by atoms with Crippen LogP contribution in [0.25, 0.3) is 0 Å². The first-order valence-electron chi connectivity index (χ1n) is 7.33. The lowest BCUT2D eigenvalue weighted by Gasteiger charge is -2.21. The van der Waals surface area contributed by atoms with Crippen molar-refractivity contribution in [1.29, 1.82) is 0 Å². The van der Waals surface area contributed by atoms with Gasteiger partial charge in [-0.3, -0.25) is 9.59 Å². The lowest BCUT2D eigenvalue weighted by molar-refractivity contribution is -0.127. The Balaban J connectivity index is 4.49. The number of nitrogens with zero attached hydrogens (tertiary/aromatic N) is 2. The van der Waals surface area contributed by atoms with E-state index in [0.717, 1.165) is 0 Å². The number of amides is 2. The van der Waals surface area contributed by atoms with Gasteiger partial charge in [0, 0.05) is 25.2 Å². The van der Waals surface area contributed by atoms with Gasteiger partial charge in [0.05, 0.1) is 19.4 Å². The van der Waals surface area contributed by atoms with Gasteiger partial charge in [-0.05, 0) is 13.0 Å². The van der Waals surface area contributed by atoms with Crippen LogP contribution in [0.4, 0.5) is 0 Å². The highest BCUT2D eigenvalue weighted by Gasteiger charge is 2.14. The first kappa shape index (κ1) is 20.7. The topological polar surface area (TPSA) is 70.1 Å². The summed E-state index contributed by atoms with van der Waals surface area (Å²) in [5, 5.41) is 8.96. The Morgan fingerprint density at radius 1 is 1.09 bits per heavy atom. The molecule has 0 aromatic carbocycles. The predicted octanol–water partition coefficient (Wildman–Crippen LogP) is 1.11. The van der Waals surface area contributed by atoms with Crippen molar-refractivity contribution in [1.82, 2.24) is 9.80 Å². The summed E-state index contributed by atoms with van der Waals surface area (Å²) in [5.41, 5.74) is 0.408. The largest absolute Gasteiger partial charge is 0.499 e. The molecule has 0 aromatic heterocycles. The normalized spacial score (nSPS) is 10.6. The van der Waals surface area contributed by atoms with E-state index in [2.05, 4.69) is 19.7 Å². The molecule has 2 amide bonds. The summed E-state index contributed by atoms with van der Waals surface area (Å²) in [7, 11) is 0. The molecule has 0 aromatic rings. The lowest BCUT2D eigenvalue weighted by Crippen LogP contribution is -2.34. The van der Waals surface area contributed by atoms with Crippen molar-refractivity contribution in [3.8, 4) is 0 Å². The second-order valence-corrected chi connectivity index (χ2v) is 4.71. The minimum atomic E-state index is -0.232. The van der Waals surface area contributed by atoms with E-state index in [9.17, 15) is 9.59 Å². The number of hydrogen-bond acceptors (Lipinski definition) is 4. The van der Waals surface area contributed by atoms with Gasteiger partial charge in [0.1, 0.15) is 6.61 Å². The SMILES string of the molecule is C=CCN(CCO/C=C(\C)C(=O)N(CC=C)CCO)C(=O)C=C. The molecule has 0 aliphatic rings. The van der Waals surface area contributed by atoms with Gasteiger partial charge in [-0.1, -0.05) is 18.7 Å². The Labute approximate surface area is 138 Å². The molecule has 0 heterocycles. The molecule has 0 unspecified atom stereocenters. The molecular weight excluding hydrogens is 296 g/mol. The van der Waals surface area contributed by atoms with Crippen LogP contribution < -0.4 is 0 Å². The molecule has 0 fully saturated rings. The van der Waals surface area contributed by atoms with Crippen LogP contribution in [0.2, 0.25) is 0 Å². The van der Waals surface area contributed by atoms with E-state index in [4.69, 9.17) is 9.84 Å². The Bertz CT molecular complexity index is 458. The zero-order valence-corrected chi connectivity index (χ0v) is 13.7. The zero-order valence-electron chi connectivity index (χ0n) is 13.7. The van der Waals surface area contributed by atoms with Gasteiger partial charge in [-0.25, -0.2) is 0 Å². The molecule has 0 aliphatic heterocycles. The number of ether oxygens (including phenoxy) is 1. The van der Waals surface area contributed by atoms with E-state index in [1.54, 1.807) is 19.1 Å². The van der Waals surface area contributed by atoms with E-state index >= 15 is 0 Å². The number of carbonyl (C=O) groups is 2. The standard InChI is InChI=1S/C17H26N2O4/c1-5-8-18(16(21)7-3)11-13-23-14-15(4)17(22)19(9-6-2)10-12-20/h5-7,14,20H,1-3,8-13H2,4H3/b15-14+. The smallest absolute Gasteiger partial charge is 0.252 e. The number of hydrogen-bond donors (Lipinski definition) is 1. The zero-order chi connectivity index (χ0) is 17.7. The third-order valence-electron chi connectivity index (χ3n) is 2.92. The minimum absolute atomic E-state index is 0.117. The van der Waals surface area contributed by atoms with E-state index in [1.807, 2.05) is 0 Å². The Hall–Kier alpha value is -2.34. The van der Waals surface area contributed by atoms with Gasteiger partial charge in [-0.15, -0.1) is 13.2 Å². The molecule has 0 atom stereocenters. The molecule has 128 valence electrons. The summed E-state index contributed by atoms with van der Waals surface area (Å²) >= 11 is 0. The number of aliphatic hydroxyl groups is 1. The van der Waals surface area contributed by atoms with E-state index in [0.29, 0.717) is 25.2 Å². The second-order valence-electron chi connectivity index (χ2n) is 4.71. The molecule has 0 saturated carbocycles. The molecular formula is C17H26N2O4. The quantitative estimate of drug-likeness (QED) is 0.253. The average Bonchev–Trinajstić information content (AvgIpc) is 2.55. The molecule has 1 N–H and O–H groups in total. The third kappa shape index (κ3) is 8.01. The summed E-state index contributed by atoms with van der Waals surface area (Å²) in [5.74, 6) is -0.436. The first-order valence-corrected chi connectivity index (χ1v) is 7.33. The van der Waals surface area contributed by atoms with Crippen LogP contribution in [-0.4, -0.2) is 66.1 Å². The maximum atomic E-state index is 12.1. The molecule has 0 spiro atoms. The summed E-state index contributed by atoms with van der Waals surface area (Å²) in [6.07, 6.45) is 5.81. The molecule has 0 bridgehead atoms. The fourth-order valence-electron chi connectivity index (χ4n) is 1.78. The van der Waals surface area contributed by atoms with E-state index in [-0.39, 0.29) is 31.6 Å². The number of carbonyl (C=O) groups excluding carboxylic acids is 2. The van der Waals surface area contributed by atoms with Gasteiger partial charge in [-0.2, -0.15) is 0 Å². The van der Waals surface area contributed by atoms with Crippen molar-refractivity contribution in [3.63, 3.8) is 0 Å². The number of rotatable bonds is 12. The lowest BCUT2D eigenvalue weighted by atomic mass is 10.3. The number of aliphatic hydroxyl groups excluding tert-OH is 1. The second kappa shape index (κ2) is 12.2. The third-order valence-corrected chi connectivity index (χ3v) is 2.92. The van der Waals surface area contributed by atoms with Gasteiger partial charge in [0.25, 0.3) is 5.91 Å². The van der Waals surface area contributed by atoms with Crippen molar-refractivity contribution < 1.29 is 19.4 Å². The molecule has 6 nitrogen and oxygen atoms in total.